The van der Waals surface area contributed by atoms with Crippen LogP contribution in [0.5, 0.6) is 17.2 Å². The highest BCUT2D eigenvalue weighted by Gasteiger charge is 2.20. The van der Waals surface area contributed by atoms with E-state index in [4.69, 9.17) is 18.9 Å². The summed E-state index contributed by atoms with van der Waals surface area (Å²) >= 11 is 0. The van der Waals surface area contributed by atoms with E-state index in [1.807, 2.05) is 12.1 Å². The number of ether oxygens (including phenoxy) is 4. The van der Waals surface area contributed by atoms with Gasteiger partial charge in [0.15, 0.2) is 0 Å². The zero-order valence-corrected chi connectivity index (χ0v) is 15.4. The molecule has 2 aromatic rings. The van der Waals surface area contributed by atoms with Gasteiger partial charge in [0.2, 0.25) is 0 Å². The standard InChI is InChI=1S/C20H23NO5/c1-5-26-20(22)17(14-6-8-15(23-2)9-7-14)13-21-18-12-16(24-3)10-11-19(18)25-4/h6-13,17H,5H2,1-4H3. The van der Waals surface area contributed by atoms with Gasteiger partial charge >= 0.3 is 5.97 Å². The van der Waals surface area contributed by atoms with Crippen molar-refractivity contribution in [3.63, 3.8) is 0 Å². The average Bonchev–Trinajstić information content (AvgIpc) is 2.68. The van der Waals surface area contributed by atoms with Crippen LogP contribution in [-0.4, -0.2) is 40.1 Å². The maximum atomic E-state index is 12.4. The molecule has 0 saturated heterocycles. The number of hydrogen-bond acceptors (Lipinski definition) is 6. The molecule has 6 nitrogen and oxygen atoms in total. The van der Waals surface area contributed by atoms with Crippen LogP contribution in [0.4, 0.5) is 5.69 Å². The van der Waals surface area contributed by atoms with Gasteiger partial charge in [-0.1, -0.05) is 12.1 Å². The number of aliphatic imine (C=N–C) groups is 1. The number of carbonyl (C=O) groups excluding carboxylic acids is 1. The van der Waals surface area contributed by atoms with Gasteiger partial charge in [0.1, 0.15) is 28.9 Å². The van der Waals surface area contributed by atoms with Crippen LogP contribution in [0.15, 0.2) is 47.5 Å². The van der Waals surface area contributed by atoms with Crippen molar-refractivity contribution in [3.8, 4) is 17.2 Å². The van der Waals surface area contributed by atoms with E-state index in [2.05, 4.69) is 4.99 Å². The second kappa shape index (κ2) is 9.46. The minimum atomic E-state index is -0.642. The fourth-order valence-electron chi connectivity index (χ4n) is 2.38. The molecule has 0 amide bonds. The van der Waals surface area contributed by atoms with Crippen molar-refractivity contribution in [3.05, 3.63) is 48.0 Å². The smallest absolute Gasteiger partial charge is 0.318 e. The molecule has 0 radical (unpaired) electrons. The molecule has 1 atom stereocenters. The molecule has 0 saturated carbocycles. The summed E-state index contributed by atoms with van der Waals surface area (Å²) in [4.78, 5) is 16.8. The Labute approximate surface area is 153 Å². The van der Waals surface area contributed by atoms with Crippen LogP contribution >= 0.6 is 0 Å². The monoisotopic (exact) mass is 357 g/mol. The van der Waals surface area contributed by atoms with E-state index in [1.54, 1.807) is 64.8 Å². The molecule has 6 heteroatoms. The molecule has 138 valence electrons. The van der Waals surface area contributed by atoms with E-state index < -0.39 is 5.92 Å². The molecule has 26 heavy (non-hydrogen) atoms. The van der Waals surface area contributed by atoms with Crippen LogP contribution in [0, 0.1) is 0 Å². The molecular formula is C20H23NO5. The summed E-state index contributed by atoms with van der Waals surface area (Å²) in [6.07, 6.45) is 1.55. The Morgan fingerprint density at radius 3 is 2.23 bits per heavy atom. The van der Waals surface area contributed by atoms with Gasteiger partial charge in [-0.05, 0) is 36.8 Å². The summed E-state index contributed by atoms with van der Waals surface area (Å²) in [6.45, 7) is 2.06. The first-order chi connectivity index (χ1) is 12.6. The number of benzene rings is 2. The van der Waals surface area contributed by atoms with Crippen molar-refractivity contribution < 1.29 is 23.7 Å². The van der Waals surface area contributed by atoms with Crippen molar-refractivity contribution in [1.29, 1.82) is 0 Å². The summed E-state index contributed by atoms with van der Waals surface area (Å²) in [5, 5.41) is 0. The summed E-state index contributed by atoms with van der Waals surface area (Å²) < 4.78 is 20.9. The minimum Gasteiger partial charge on any atom is -0.497 e. The molecule has 0 heterocycles. The molecule has 0 spiro atoms. The minimum absolute atomic E-state index is 0.293. The van der Waals surface area contributed by atoms with Crippen LogP contribution in [0.25, 0.3) is 0 Å². The molecule has 0 aliphatic carbocycles. The van der Waals surface area contributed by atoms with Gasteiger partial charge in [-0.15, -0.1) is 0 Å². The van der Waals surface area contributed by atoms with E-state index >= 15 is 0 Å². The van der Waals surface area contributed by atoms with E-state index in [0.717, 1.165) is 5.56 Å². The maximum Gasteiger partial charge on any atom is 0.318 e. The third-order valence-corrected chi connectivity index (χ3v) is 3.76. The summed E-state index contributed by atoms with van der Waals surface area (Å²) in [5.41, 5.74) is 1.32. The molecule has 1 unspecified atom stereocenters. The van der Waals surface area contributed by atoms with E-state index in [9.17, 15) is 4.79 Å². The van der Waals surface area contributed by atoms with E-state index in [-0.39, 0.29) is 5.97 Å². The van der Waals surface area contributed by atoms with Gasteiger partial charge in [0, 0.05) is 12.3 Å². The second-order valence-electron chi connectivity index (χ2n) is 5.32. The Kier molecular flexibility index (Phi) is 7.02. The lowest BCUT2D eigenvalue weighted by atomic mass is 10.0. The highest BCUT2D eigenvalue weighted by atomic mass is 16.5. The lowest BCUT2D eigenvalue weighted by Crippen LogP contribution is -2.17. The zero-order valence-electron chi connectivity index (χ0n) is 15.4. The molecule has 0 fully saturated rings. The van der Waals surface area contributed by atoms with Crippen molar-refractivity contribution in [2.45, 2.75) is 12.8 Å². The quantitative estimate of drug-likeness (QED) is 0.531. The van der Waals surface area contributed by atoms with Crippen molar-refractivity contribution in [1.82, 2.24) is 0 Å². The van der Waals surface area contributed by atoms with Crippen molar-refractivity contribution in [2.24, 2.45) is 4.99 Å². The lowest BCUT2D eigenvalue weighted by Gasteiger charge is -2.13. The number of methoxy groups -OCH3 is 3. The van der Waals surface area contributed by atoms with Crippen LogP contribution < -0.4 is 14.2 Å². The average molecular weight is 357 g/mol. The van der Waals surface area contributed by atoms with Crippen LogP contribution in [0.2, 0.25) is 0 Å². The fraction of sp³-hybridized carbons (Fsp3) is 0.300. The Bertz CT molecular complexity index is 755. The van der Waals surface area contributed by atoms with Gasteiger partial charge in [-0.3, -0.25) is 9.79 Å². The lowest BCUT2D eigenvalue weighted by molar-refractivity contribution is -0.143. The first-order valence-corrected chi connectivity index (χ1v) is 8.19. The highest BCUT2D eigenvalue weighted by Crippen LogP contribution is 2.32. The predicted molar refractivity (Wildman–Crippen MR) is 100 cm³/mol. The van der Waals surface area contributed by atoms with Gasteiger partial charge < -0.3 is 18.9 Å². The number of carbonyl (C=O) groups is 1. The summed E-state index contributed by atoms with van der Waals surface area (Å²) in [7, 11) is 4.73. The van der Waals surface area contributed by atoms with Crippen LogP contribution in [-0.2, 0) is 9.53 Å². The second-order valence-corrected chi connectivity index (χ2v) is 5.32. The third-order valence-electron chi connectivity index (χ3n) is 3.76. The first-order valence-electron chi connectivity index (χ1n) is 8.19. The van der Waals surface area contributed by atoms with Crippen LogP contribution in [0.3, 0.4) is 0 Å². The molecule has 0 N–H and O–H groups in total. The Morgan fingerprint density at radius 1 is 1.00 bits per heavy atom. The molecule has 2 rings (SSSR count). The summed E-state index contributed by atoms with van der Waals surface area (Å²) in [6, 6.07) is 12.5. The largest absolute Gasteiger partial charge is 0.497 e. The molecule has 0 aliphatic heterocycles. The Morgan fingerprint density at radius 2 is 1.65 bits per heavy atom. The normalized spacial score (nSPS) is 11.8. The van der Waals surface area contributed by atoms with Crippen molar-refractivity contribution >= 4 is 17.9 Å². The highest BCUT2D eigenvalue weighted by molar-refractivity contribution is 5.97. The predicted octanol–water partition coefficient (Wildman–Crippen LogP) is 3.76. The topological polar surface area (TPSA) is 66.4 Å². The van der Waals surface area contributed by atoms with E-state index in [0.29, 0.717) is 29.5 Å². The molecule has 0 aliphatic rings. The zero-order chi connectivity index (χ0) is 18.9. The van der Waals surface area contributed by atoms with Crippen molar-refractivity contribution in [2.75, 3.05) is 27.9 Å². The molecular weight excluding hydrogens is 334 g/mol. The van der Waals surface area contributed by atoms with Gasteiger partial charge in [0.05, 0.1) is 27.9 Å². The molecule has 2 aromatic carbocycles. The number of esters is 1. The van der Waals surface area contributed by atoms with Gasteiger partial charge in [-0.25, -0.2) is 0 Å². The SMILES string of the molecule is CCOC(=O)C(C=Nc1cc(OC)ccc1OC)c1ccc(OC)cc1. The van der Waals surface area contributed by atoms with Crippen LogP contribution in [0.1, 0.15) is 18.4 Å². The van der Waals surface area contributed by atoms with E-state index in [1.165, 1.54) is 0 Å². The number of nitrogens with zero attached hydrogens (tertiary/aromatic N) is 1. The number of rotatable bonds is 8. The van der Waals surface area contributed by atoms with Gasteiger partial charge in [-0.2, -0.15) is 0 Å². The fourth-order valence-corrected chi connectivity index (χ4v) is 2.38. The van der Waals surface area contributed by atoms with Gasteiger partial charge in [0.25, 0.3) is 0 Å². The first kappa shape index (κ1) is 19.3. The molecule has 0 bridgehead atoms. The number of hydrogen-bond donors (Lipinski definition) is 0. The Hall–Kier alpha value is -3.02. The molecule has 0 aromatic heterocycles. The maximum absolute atomic E-state index is 12.4. The summed E-state index contributed by atoms with van der Waals surface area (Å²) in [5.74, 6) is 0.928. The Balaban J connectivity index is 2.37. The third kappa shape index (κ3) is 4.75.